The number of nitrogens with one attached hydrogen (secondary N) is 1. The first kappa shape index (κ1) is 23.7. The van der Waals surface area contributed by atoms with Gasteiger partial charge in [0.1, 0.15) is 0 Å². The zero-order valence-electron chi connectivity index (χ0n) is 20.4. The van der Waals surface area contributed by atoms with Crippen molar-refractivity contribution < 1.29 is 14.6 Å². The van der Waals surface area contributed by atoms with Gasteiger partial charge in [-0.1, -0.05) is 18.2 Å². The third kappa shape index (κ3) is 5.00. The van der Waals surface area contributed by atoms with Crippen molar-refractivity contribution in [2.24, 2.45) is 4.99 Å². The Balaban J connectivity index is 1.50. The molecule has 3 heterocycles. The number of aromatic amines is 1. The van der Waals surface area contributed by atoms with Crippen molar-refractivity contribution in [3.05, 3.63) is 89.2 Å². The smallest absolute Gasteiger partial charge is 0.337 e. The van der Waals surface area contributed by atoms with Gasteiger partial charge in [-0.05, 0) is 49.0 Å². The van der Waals surface area contributed by atoms with E-state index in [2.05, 4.69) is 38.9 Å². The molecular formula is C28H29N5O3. The fourth-order valence-corrected chi connectivity index (χ4v) is 4.51. The maximum absolute atomic E-state index is 12.0. The van der Waals surface area contributed by atoms with Crippen molar-refractivity contribution in [1.29, 1.82) is 0 Å². The molecule has 5 rings (SSSR count). The summed E-state index contributed by atoms with van der Waals surface area (Å²) in [5, 5.41) is 11.7. The van der Waals surface area contributed by atoms with E-state index < -0.39 is 5.97 Å². The number of H-pyrrole nitrogens is 1. The van der Waals surface area contributed by atoms with Crippen LogP contribution in [-0.4, -0.2) is 76.9 Å². The Bertz CT molecular complexity index is 1390. The highest BCUT2D eigenvalue weighted by Crippen LogP contribution is 2.32. The monoisotopic (exact) mass is 483 g/mol. The van der Waals surface area contributed by atoms with Gasteiger partial charge >= 0.3 is 5.97 Å². The molecule has 0 spiro atoms. The SMILES string of the molecule is COC(=O)c1ccc2c(C(=Nc3ccc(CN4CCN(C)CC4)cc3)c3ccncc3)c(O)[nH]c2c1. The number of aliphatic imine (C=N–C) groups is 1. The molecule has 8 nitrogen and oxygen atoms in total. The average molecular weight is 484 g/mol. The lowest BCUT2D eigenvalue weighted by molar-refractivity contribution is 0.0601. The summed E-state index contributed by atoms with van der Waals surface area (Å²) < 4.78 is 4.83. The highest BCUT2D eigenvalue weighted by Gasteiger charge is 2.20. The number of aromatic hydroxyl groups is 1. The maximum Gasteiger partial charge on any atom is 0.337 e. The number of benzene rings is 2. The summed E-state index contributed by atoms with van der Waals surface area (Å²) in [6.07, 6.45) is 3.40. The number of carbonyl (C=O) groups is 1. The number of ether oxygens (including phenoxy) is 1. The molecule has 2 N–H and O–H groups in total. The number of hydrogen-bond donors (Lipinski definition) is 2. The van der Waals surface area contributed by atoms with Crippen LogP contribution in [0.5, 0.6) is 5.88 Å². The zero-order chi connectivity index (χ0) is 25.1. The minimum absolute atomic E-state index is 0.0192. The molecule has 1 aliphatic heterocycles. The summed E-state index contributed by atoms with van der Waals surface area (Å²) in [5.74, 6) is -0.457. The topological polar surface area (TPSA) is 94.1 Å². The van der Waals surface area contributed by atoms with Crippen molar-refractivity contribution in [2.75, 3.05) is 40.3 Å². The van der Waals surface area contributed by atoms with Crippen LogP contribution < -0.4 is 0 Å². The molecule has 1 aliphatic rings. The van der Waals surface area contributed by atoms with E-state index in [0.29, 0.717) is 22.4 Å². The average Bonchev–Trinajstić information content (AvgIpc) is 3.24. The summed E-state index contributed by atoms with van der Waals surface area (Å²) in [7, 11) is 3.50. The van der Waals surface area contributed by atoms with Crippen LogP contribution in [-0.2, 0) is 11.3 Å². The van der Waals surface area contributed by atoms with Crippen LogP contribution in [0.3, 0.4) is 0 Å². The second kappa shape index (κ2) is 10.3. The molecule has 184 valence electrons. The summed E-state index contributed by atoms with van der Waals surface area (Å²) in [6.45, 7) is 5.24. The van der Waals surface area contributed by atoms with Gasteiger partial charge in [0, 0.05) is 61.6 Å². The molecule has 0 unspecified atom stereocenters. The molecule has 0 aliphatic carbocycles. The Morgan fingerprint density at radius 2 is 1.75 bits per heavy atom. The number of carbonyl (C=O) groups excluding carboxylic acids is 1. The van der Waals surface area contributed by atoms with E-state index in [1.165, 1.54) is 12.7 Å². The highest BCUT2D eigenvalue weighted by atomic mass is 16.5. The molecule has 8 heteroatoms. The Kier molecular flexibility index (Phi) is 6.79. The second-order valence-corrected chi connectivity index (χ2v) is 9.04. The molecule has 1 saturated heterocycles. The van der Waals surface area contributed by atoms with Gasteiger partial charge in [0.2, 0.25) is 0 Å². The van der Waals surface area contributed by atoms with E-state index in [1.54, 1.807) is 30.6 Å². The van der Waals surface area contributed by atoms with Crippen LogP contribution in [0.15, 0.2) is 72.0 Å². The van der Waals surface area contributed by atoms with Crippen molar-refractivity contribution in [1.82, 2.24) is 19.8 Å². The molecular weight excluding hydrogens is 454 g/mol. The van der Waals surface area contributed by atoms with Gasteiger partial charge in [-0.2, -0.15) is 0 Å². The predicted molar refractivity (Wildman–Crippen MR) is 140 cm³/mol. The van der Waals surface area contributed by atoms with Gasteiger partial charge in [-0.15, -0.1) is 0 Å². The number of hydrogen-bond acceptors (Lipinski definition) is 7. The van der Waals surface area contributed by atoms with E-state index in [0.717, 1.165) is 49.4 Å². The van der Waals surface area contributed by atoms with Crippen molar-refractivity contribution in [3.63, 3.8) is 0 Å². The largest absolute Gasteiger partial charge is 0.494 e. The third-order valence-electron chi connectivity index (χ3n) is 6.57. The van der Waals surface area contributed by atoms with Crippen LogP contribution in [0.4, 0.5) is 5.69 Å². The lowest BCUT2D eigenvalue weighted by Crippen LogP contribution is -2.43. The summed E-state index contributed by atoms with van der Waals surface area (Å²) in [6, 6.07) is 17.1. The third-order valence-corrected chi connectivity index (χ3v) is 6.57. The van der Waals surface area contributed by atoms with Gasteiger partial charge in [-0.3, -0.25) is 9.88 Å². The number of methoxy groups -OCH3 is 1. The van der Waals surface area contributed by atoms with Gasteiger partial charge < -0.3 is 19.7 Å². The fraction of sp³-hybridized carbons (Fsp3) is 0.250. The van der Waals surface area contributed by atoms with Crippen molar-refractivity contribution in [3.8, 4) is 5.88 Å². The predicted octanol–water partition coefficient (Wildman–Crippen LogP) is 3.97. The van der Waals surface area contributed by atoms with Crippen LogP contribution >= 0.6 is 0 Å². The first-order valence-electron chi connectivity index (χ1n) is 11.9. The summed E-state index contributed by atoms with van der Waals surface area (Å²) in [4.78, 5) is 28.9. The molecule has 1 fully saturated rings. The van der Waals surface area contributed by atoms with Crippen molar-refractivity contribution in [2.45, 2.75) is 6.54 Å². The second-order valence-electron chi connectivity index (χ2n) is 9.04. The fourth-order valence-electron chi connectivity index (χ4n) is 4.51. The standard InChI is InChI=1S/C28H29N5O3/c1-32-13-15-33(16-14-32)18-19-3-6-22(7-4-19)30-26(20-9-11-29-12-10-20)25-23-8-5-21(28(35)36-2)17-24(23)31-27(25)34/h3-12,17,31,34H,13-16,18H2,1-2H3. The van der Waals surface area contributed by atoms with E-state index in [9.17, 15) is 9.90 Å². The minimum Gasteiger partial charge on any atom is -0.494 e. The van der Waals surface area contributed by atoms with E-state index in [-0.39, 0.29) is 5.88 Å². The van der Waals surface area contributed by atoms with Crippen LogP contribution in [0.1, 0.15) is 27.0 Å². The molecule has 0 radical (unpaired) electrons. The van der Waals surface area contributed by atoms with Crippen LogP contribution in [0.2, 0.25) is 0 Å². The van der Waals surface area contributed by atoms with Crippen LogP contribution in [0.25, 0.3) is 10.9 Å². The van der Waals surface area contributed by atoms with Gasteiger partial charge in [-0.25, -0.2) is 9.79 Å². The number of piperazine rings is 1. The lowest BCUT2D eigenvalue weighted by atomic mass is 10.0. The number of esters is 1. The van der Waals surface area contributed by atoms with E-state index in [1.807, 2.05) is 24.3 Å². The molecule has 0 amide bonds. The Morgan fingerprint density at radius 3 is 2.44 bits per heavy atom. The molecule has 2 aromatic carbocycles. The quantitative estimate of drug-likeness (QED) is 0.318. The number of pyridine rings is 1. The Hall–Kier alpha value is -4.01. The normalized spacial score (nSPS) is 15.3. The Morgan fingerprint density at radius 1 is 1.03 bits per heavy atom. The number of fused-ring (bicyclic) bond motifs is 1. The number of nitrogens with zero attached hydrogens (tertiary/aromatic N) is 4. The number of rotatable bonds is 6. The molecule has 0 saturated carbocycles. The molecule has 2 aromatic heterocycles. The zero-order valence-corrected chi connectivity index (χ0v) is 20.4. The number of likely N-dealkylation sites (N-methyl/N-ethyl adjacent to an activating group) is 1. The first-order chi connectivity index (χ1) is 17.5. The molecule has 0 bridgehead atoms. The van der Waals surface area contributed by atoms with E-state index in [4.69, 9.17) is 9.73 Å². The Labute approximate surface area is 209 Å². The summed E-state index contributed by atoms with van der Waals surface area (Å²) >= 11 is 0. The van der Waals surface area contributed by atoms with Gasteiger partial charge in [0.05, 0.1) is 29.6 Å². The molecule has 4 aromatic rings. The minimum atomic E-state index is -0.438. The highest BCUT2D eigenvalue weighted by molar-refractivity contribution is 6.22. The first-order valence-corrected chi connectivity index (χ1v) is 11.9. The van der Waals surface area contributed by atoms with Gasteiger partial charge in [0.25, 0.3) is 0 Å². The van der Waals surface area contributed by atoms with Crippen molar-refractivity contribution >= 4 is 28.3 Å². The van der Waals surface area contributed by atoms with Crippen LogP contribution in [0, 0.1) is 0 Å². The van der Waals surface area contributed by atoms with Gasteiger partial charge in [0.15, 0.2) is 5.88 Å². The molecule has 36 heavy (non-hydrogen) atoms. The number of aromatic nitrogens is 2. The molecule has 0 atom stereocenters. The van der Waals surface area contributed by atoms with E-state index >= 15 is 0 Å². The lowest BCUT2D eigenvalue weighted by Gasteiger charge is -2.32. The maximum atomic E-state index is 12.0. The summed E-state index contributed by atoms with van der Waals surface area (Å²) in [5.41, 5.74) is 5.04.